The number of fused-ring (bicyclic) bond motifs is 1. The summed E-state index contributed by atoms with van der Waals surface area (Å²) in [4.78, 5) is 39.1. The summed E-state index contributed by atoms with van der Waals surface area (Å²) < 4.78 is 7.97. The van der Waals surface area contributed by atoms with E-state index in [1.165, 1.54) is 0 Å². The van der Waals surface area contributed by atoms with Crippen molar-refractivity contribution in [3.63, 3.8) is 0 Å². The number of carbonyl (C=O) groups is 3. The molecule has 246 valence electrons. The quantitative estimate of drug-likeness (QED) is 0.188. The number of rotatable bonds is 14. The molecular weight excluding hydrogens is 600 g/mol. The fourth-order valence-corrected chi connectivity index (χ4v) is 6.45. The van der Waals surface area contributed by atoms with Crippen molar-refractivity contribution in [2.24, 2.45) is 13.0 Å². The van der Waals surface area contributed by atoms with Gasteiger partial charge in [0.2, 0.25) is 11.8 Å². The molecule has 3 aromatic rings. The number of nitrogens with one attached hydrogen (secondary N) is 2. The van der Waals surface area contributed by atoms with Gasteiger partial charge in [-0.25, -0.2) is 0 Å². The molecule has 4 rings (SSSR count). The Morgan fingerprint density at radius 2 is 1.74 bits per heavy atom. The van der Waals surface area contributed by atoms with Gasteiger partial charge < -0.3 is 15.4 Å². The van der Waals surface area contributed by atoms with Gasteiger partial charge in [0.1, 0.15) is 5.75 Å². The maximum absolute atomic E-state index is 13.8. The smallest absolute Gasteiger partial charge is 0.248 e. The molecule has 1 aliphatic carbocycles. The maximum Gasteiger partial charge on any atom is 0.248 e. The summed E-state index contributed by atoms with van der Waals surface area (Å²) >= 11 is 6.33. The molecule has 2 aromatic carbocycles. The third-order valence-electron chi connectivity index (χ3n) is 8.71. The molecule has 1 aromatic heterocycles. The van der Waals surface area contributed by atoms with Gasteiger partial charge in [-0.05, 0) is 98.4 Å². The summed E-state index contributed by atoms with van der Waals surface area (Å²) in [6.45, 7) is 14.1. The first-order valence-corrected chi connectivity index (χ1v) is 16.5. The molecule has 0 fully saturated rings. The molecule has 1 atom stereocenters. The van der Waals surface area contributed by atoms with Crippen molar-refractivity contribution in [1.29, 1.82) is 0 Å². The standard InChI is InChI=1S/C37H47ClN4O4/c1-9-33(43)32(16-21(2)3)40-34(44)20-39-37(45)31-19-30-27(12-10-13-29(30)35-24(6)41-42(8)25(35)7)28(31)14-11-15-46-26-17-22(4)36(38)23(5)18-26/h10,12-13,17-18,21,32H,9,11,14-16,19-20H2,1-8H3,(H,39,45)(H,40,44)/t32-/m0/s1. The van der Waals surface area contributed by atoms with Gasteiger partial charge in [-0.15, -0.1) is 0 Å². The third-order valence-corrected chi connectivity index (χ3v) is 9.31. The Kier molecular flexibility index (Phi) is 11.5. The number of amides is 2. The summed E-state index contributed by atoms with van der Waals surface area (Å²) in [5.74, 6) is 0.357. The summed E-state index contributed by atoms with van der Waals surface area (Å²) in [6.07, 6.45) is 2.67. The van der Waals surface area contributed by atoms with Gasteiger partial charge in [-0.1, -0.05) is 50.6 Å². The molecule has 2 amide bonds. The molecular formula is C37H47ClN4O4. The number of carbonyl (C=O) groups excluding carboxylic acids is 3. The van der Waals surface area contributed by atoms with Crippen LogP contribution in [0.1, 0.15) is 80.1 Å². The number of hydrogen-bond acceptors (Lipinski definition) is 5. The fourth-order valence-electron chi connectivity index (χ4n) is 6.34. The van der Waals surface area contributed by atoms with Crippen molar-refractivity contribution in [2.45, 2.75) is 86.6 Å². The van der Waals surface area contributed by atoms with Crippen molar-refractivity contribution in [2.75, 3.05) is 13.2 Å². The number of Topliss-reactive ketones (excluding diaryl/α,β-unsaturated/α-hetero) is 1. The van der Waals surface area contributed by atoms with Crippen molar-refractivity contribution in [3.8, 4) is 16.9 Å². The Morgan fingerprint density at radius 1 is 1.07 bits per heavy atom. The number of benzene rings is 2. The maximum atomic E-state index is 13.8. The van der Waals surface area contributed by atoms with Crippen molar-refractivity contribution in [1.82, 2.24) is 20.4 Å². The monoisotopic (exact) mass is 646 g/mol. The number of aryl methyl sites for hydroxylation is 4. The van der Waals surface area contributed by atoms with E-state index in [0.29, 0.717) is 44.3 Å². The molecule has 9 heteroatoms. The molecule has 8 nitrogen and oxygen atoms in total. The molecule has 0 unspecified atom stereocenters. The Morgan fingerprint density at radius 3 is 2.35 bits per heavy atom. The van der Waals surface area contributed by atoms with Crippen LogP contribution in [0.5, 0.6) is 5.75 Å². The average Bonchev–Trinajstić information content (AvgIpc) is 3.50. The zero-order valence-corrected chi connectivity index (χ0v) is 29.2. The van der Waals surface area contributed by atoms with Gasteiger partial charge in [0.15, 0.2) is 5.78 Å². The van der Waals surface area contributed by atoms with Crippen LogP contribution in [0, 0.1) is 33.6 Å². The molecule has 0 saturated carbocycles. The van der Waals surface area contributed by atoms with E-state index >= 15 is 0 Å². The van der Waals surface area contributed by atoms with Crippen LogP contribution >= 0.6 is 11.6 Å². The molecule has 0 spiro atoms. The van der Waals surface area contributed by atoms with Crippen molar-refractivity contribution < 1.29 is 19.1 Å². The minimum atomic E-state index is -0.554. The second-order valence-corrected chi connectivity index (χ2v) is 13.1. The van der Waals surface area contributed by atoms with Crippen LogP contribution in [0.3, 0.4) is 0 Å². The lowest BCUT2D eigenvalue weighted by molar-refractivity contribution is -0.128. The molecule has 0 radical (unpaired) electrons. The van der Waals surface area contributed by atoms with E-state index in [-0.39, 0.29) is 30.1 Å². The number of ketones is 1. The number of halogens is 1. The second-order valence-electron chi connectivity index (χ2n) is 12.7. The molecule has 46 heavy (non-hydrogen) atoms. The van der Waals surface area contributed by atoms with Gasteiger partial charge in [0, 0.05) is 41.7 Å². The van der Waals surface area contributed by atoms with E-state index in [9.17, 15) is 14.4 Å². The lowest BCUT2D eigenvalue weighted by atomic mass is 9.93. The number of hydrogen-bond donors (Lipinski definition) is 2. The highest BCUT2D eigenvalue weighted by molar-refractivity contribution is 6.32. The van der Waals surface area contributed by atoms with E-state index < -0.39 is 6.04 Å². The number of nitrogens with zero attached hydrogens (tertiary/aromatic N) is 2. The van der Waals surface area contributed by atoms with Gasteiger partial charge in [-0.3, -0.25) is 19.1 Å². The van der Waals surface area contributed by atoms with Gasteiger partial charge in [0.05, 0.1) is 24.9 Å². The first kappa shape index (κ1) is 35.0. The van der Waals surface area contributed by atoms with Crippen molar-refractivity contribution in [3.05, 3.63) is 74.6 Å². The van der Waals surface area contributed by atoms with Crippen molar-refractivity contribution >= 4 is 34.8 Å². The molecule has 1 heterocycles. The van der Waals surface area contributed by atoms with Crippen LogP contribution < -0.4 is 15.4 Å². The second kappa shape index (κ2) is 15.1. The summed E-state index contributed by atoms with van der Waals surface area (Å²) in [7, 11) is 1.94. The summed E-state index contributed by atoms with van der Waals surface area (Å²) in [5, 5.41) is 11.1. The van der Waals surface area contributed by atoms with E-state index in [2.05, 4.69) is 34.8 Å². The Labute approximate surface area is 277 Å². The summed E-state index contributed by atoms with van der Waals surface area (Å²) in [6, 6.07) is 9.52. The highest BCUT2D eigenvalue weighted by atomic mass is 35.5. The first-order valence-electron chi connectivity index (χ1n) is 16.2. The first-order chi connectivity index (χ1) is 21.8. The predicted octanol–water partition coefficient (Wildman–Crippen LogP) is 6.77. The topological polar surface area (TPSA) is 102 Å². The highest BCUT2D eigenvalue weighted by Crippen LogP contribution is 2.42. The third kappa shape index (κ3) is 7.89. The SMILES string of the molecule is CCC(=O)[C@H](CC(C)C)NC(=O)CNC(=O)C1=C(CCCOc2cc(C)c(Cl)c(C)c2)c2cccc(-c3c(C)nn(C)c3C)c2C1. The zero-order valence-electron chi connectivity index (χ0n) is 28.4. The zero-order chi connectivity index (χ0) is 33.7. The van der Waals surface area contributed by atoms with Crippen LogP contribution in [0.25, 0.3) is 16.7 Å². The van der Waals surface area contributed by atoms with Gasteiger partial charge >= 0.3 is 0 Å². The Hall–Kier alpha value is -3.91. The minimum absolute atomic E-state index is 0.00993. The van der Waals surface area contributed by atoms with E-state index in [1.807, 2.05) is 64.5 Å². The molecule has 1 aliphatic rings. The number of aromatic nitrogens is 2. The van der Waals surface area contributed by atoms with E-state index in [0.717, 1.165) is 61.1 Å². The molecule has 0 saturated heterocycles. The van der Waals surface area contributed by atoms with Crippen LogP contribution in [0.15, 0.2) is 35.9 Å². The summed E-state index contributed by atoms with van der Waals surface area (Å²) in [5.41, 5.74) is 9.80. The van der Waals surface area contributed by atoms with E-state index in [1.54, 1.807) is 6.92 Å². The lowest BCUT2D eigenvalue weighted by Crippen LogP contribution is -2.46. The van der Waals surface area contributed by atoms with E-state index in [4.69, 9.17) is 16.3 Å². The van der Waals surface area contributed by atoms with Crippen LogP contribution in [-0.2, 0) is 27.9 Å². The Bertz CT molecular complexity index is 1650. The average molecular weight is 647 g/mol. The van der Waals surface area contributed by atoms with Crippen LogP contribution in [0.2, 0.25) is 5.02 Å². The number of ether oxygens (including phenoxy) is 1. The molecule has 2 N–H and O–H groups in total. The molecule has 0 bridgehead atoms. The molecule has 0 aliphatic heterocycles. The lowest BCUT2D eigenvalue weighted by Gasteiger charge is -2.19. The largest absolute Gasteiger partial charge is 0.494 e. The normalized spacial score (nSPS) is 13.2. The van der Waals surface area contributed by atoms with Crippen LogP contribution in [0.4, 0.5) is 0 Å². The van der Waals surface area contributed by atoms with Gasteiger partial charge in [0.25, 0.3) is 0 Å². The Balaban J connectivity index is 1.56. The fraction of sp³-hybridized carbons (Fsp3) is 0.459. The van der Waals surface area contributed by atoms with Gasteiger partial charge in [-0.2, -0.15) is 5.10 Å². The number of allylic oxidation sites excluding steroid dienone is 1. The minimum Gasteiger partial charge on any atom is -0.494 e. The van der Waals surface area contributed by atoms with Crippen LogP contribution in [-0.4, -0.2) is 46.6 Å². The highest BCUT2D eigenvalue weighted by Gasteiger charge is 2.30. The predicted molar refractivity (Wildman–Crippen MR) is 184 cm³/mol.